The molecule has 9 heteroatoms. The number of piperidine rings is 1. The van der Waals surface area contributed by atoms with E-state index in [4.69, 9.17) is 10.2 Å². The molecule has 24 heavy (non-hydrogen) atoms. The number of halogens is 1. The van der Waals surface area contributed by atoms with Gasteiger partial charge in [0.15, 0.2) is 5.82 Å². The van der Waals surface area contributed by atoms with E-state index in [1.807, 2.05) is 12.1 Å². The van der Waals surface area contributed by atoms with Crippen molar-refractivity contribution >= 4 is 5.91 Å². The second kappa shape index (κ2) is 8.25. The molecule has 2 N–H and O–H groups in total. The van der Waals surface area contributed by atoms with Crippen LogP contribution >= 0.6 is 0 Å². The number of carbonyl (C=O) groups excluding carboxylic acids is 1. The van der Waals surface area contributed by atoms with Crippen molar-refractivity contribution in [1.29, 1.82) is 0 Å². The summed E-state index contributed by atoms with van der Waals surface area (Å²) >= 11 is 0. The number of primary amides is 1. The predicted octanol–water partition coefficient (Wildman–Crippen LogP) is -2.03. The maximum atomic E-state index is 11.3. The summed E-state index contributed by atoms with van der Waals surface area (Å²) in [6.45, 7) is 4.31. The Balaban J connectivity index is 0.00000208. The Kier molecular flexibility index (Phi) is 6.33. The number of hydrogen-bond donors (Lipinski definition) is 1. The molecule has 0 spiro atoms. The van der Waals surface area contributed by atoms with E-state index in [1.165, 1.54) is 0 Å². The number of nitrogens with zero attached hydrogens (tertiary/aromatic N) is 5. The molecular formula is C15H22ClN6O2-. The lowest BCUT2D eigenvalue weighted by molar-refractivity contribution is -0.123. The zero-order valence-electron chi connectivity index (χ0n) is 13.6. The third-order valence-electron chi connectivity index (χ3n) is 4.50. The number of carbonyl (C=O) groups is 1. The van der Waals surface area contributed by atoms with E-state index < -0.39 is 0 Å². The lowest BCUT2D eigenvalue weighted by Crippen LogP contribution is -3.00. The Morgan fingerprint density at radius 3 is 2.79 bits per heavy atom. The van der Waals surface area contributed by atoms with Gasteiger partial charge in [0.05, 0.1) is 12.3 Å². The lowest BCUT2D eigenvalue weighted by Gasteiger charge is -2.35. The first-order valence-corrected chi connectivity index (χ1v) is 8.00. The van der Waals surface area contributed by atoms with Crippen molar-refractivity contribution < 1.29 is 21.6 Å². The fourth-order valence-electron chi connectivity index (χ4n) is 3.21. The van der Waals surface area contributed by atoms with Gasteiger partial charge in [-0.1, -0.05) is 6.92 Å². The average molecular weight is 354 g/mol. The maximum absolute atomic E-state index is 11.3. The van der Waals surface area contributed by atoms with E-state index in [1.54, 1.807) is 10.9 Å². The van der Waals surface area contributed by atoms with E-state index >= 15 is 0 Å². The van der Waals surface area contributed by atoms with Crippen LogP contribution in [-0.4, -0.2) is 44.1 Å². The monoisotopic (exact) mass is 353 g/mol. The summed E-state index contributed by atoms with van der Waals surface area (Å²) in [5, 5.41) is 12.1. The summed E-state index contributed by atoms with van der Waals surface area (Å²) in [7, 11) is 0. The van der Waals surface area contributed by atoms with Crippen molar-refractivity contribution in [2.45, 2.75) is 38.8 Å². The Labute approximate surface area is 146 Å². The van der Waals surface area contributed by atoms with Gasteiger partial charge < -0.3 is 22.6 Å². The number of likely N-dealkylation sites (tertiary alicyclic amines) is 1. The van der Waals surface area contributed by atoms with Crippen LogP contribution in [-0.2, 0) is 11.3 Å². The fraction of sp³-hybridized carbons (Fsp3) is 0.600. The number of hydrogen-bond acceptors (Lipinski definition) is 6. The highest BCUT2D eigenvalue weighted by molar-refractivity contribution is 5.76. The minimum Gasteiger partial charge on any atom is -1.00 e. The highest BCUT2D eigenvalue weighted by atomic mass is 35.5. The molecule has 2 aromatic rings. The highest BCUT2D eigenvalue weighted by Gasteiger charge is 2.30. The van der Waals surface area contributed by atoms with Crippen LogP contribution in [0.25, 0.3) is 0 Å². The zero-order valence-corrected chi connectivity index (χ0v) is 14.4. The van der Waals surface area contributed by atoms with Gasteiger partial charge in [0.1, 0.15) is 12.3 Å². The van der Waals surface area contributed by atoms with E-state index in [0.717, 1.165) is 43.9 Å². The average Bonchev–Trinajstić information content (AvgIpc) is 3.22. The van der Waals surface area contributed by atoms with E-state index in [9.17, 15) is 4.79 Å². The summed E-state index contributed by atoms with van der Waals surface area (Å²) in [4.78, 5) is 13.7. The van der Waals surface area contributed by atoms with Crippen molar-refractivity contribution in [3.05, 3.63) is 30.0 Å². The molecule has 1 atom stereocenters. The Morgan fingerprint density at radius 2 is 2.21 bits per heavy atom. The van der Waals surface area contributed by atoms with Crippen molar-refractivity contribution in [2.75, 3.05) is 13.1 Å². The molecule has 1 unspecified atom stereocenters. The molecule has 1 fully saturated rings. The normalized spacial score (nSPS) is 17.4. The van der Waals surface area contributed by atoms with Crippen LogP contribution in [0, 0.1) is 5.92 Å². The zero-order chi connectivity index (χ0) is 16.2. The van der Waals surface area contributed by atoms with Gasteiger partial charge in [-0.3, -0.25) is 9.69 Å². The minimum atomic E-state index is -0.194. The topological polar surface area (TPSA) is 103 Å². The quantitative estimate of drug-likeness (QED) is 0.642. The summed E-state index contributed by atoms with van der Waals surface area (Å²) < 4.78 is 7.16. The van der Waals surface area contributed by atoms with Crippen LogP contribution in [0.2, 0.25) is 0 Å². The number of nitrogens with two attached hydrogens (primary N) is 1. The van der Waals surface area contributed by atoms with Crippen molar-refractivity contribution in [1.82, 2.24) is 25.1 Å². The molecule has 1 amide bonds. The molecule has 0 bridgehead atoms. The summed E-state index contributed by atoms with van der Waals surface area (Å²) in [5.41, 5.74) is 5.41. The predicted molar refractivity (Wildman–Crippen MR) is 82.2 cm³/mol. The summed E-state index contributed by atoms with van der Waals surface area (Å²) in [6, 6.07) is 3.89. The highest BCUT2D eigenvalue weighted by Crippen LogP contribution is 2.28. The summed E-state index contributed by atoms with van der Waals surface area (Å²) in [5.74, 6) is 1.45. The van der Waals surface area contributed by atoms with Crippen LogP contribution in [0.5, 0.6) is 0 Å². The van der Waals surface area contributed by atoms with Gasteiger partial charge in [0.2, 0.25) is 5.91 Å². The van der Waals surface area contributed by atoms with E-state index in [-0.39, 0.29) is 30.3 Å². The van der Waals surface area contributed by atoms with Crippen LogP contribution in [0.3, 0.4) is 0 Å². The fourth-order valence-corrected chi connectivity index (χ4v) is 3.21. The number of tetrazole rings is 1. The van der Waals surface area contributed by atoms with E-state index in [2.05, 4.69) is 27.3 Å². The smallest absolute Gasteiger partial charge is 0.220 e. The van der Waals surface area contributed by atoms with Crippen LogP contribution in [0.1, 0.15) is 43.8 Å². The van der Waals surface area contributed by atoms with Gasteiger partial charge >= 0.3 is 0 Å². The van der Waals surface area contributed by atoms with Crippen molar-refractivity contribution in [3.63, 3.8) is 0 Å². The number of furan rings is 1. The molecule has 8 nitrogen and oxygen atoms in total. The molecule has 0 aromatic carbocycles. The second-order valence-electron chi connectivity index (χ2n) is 5.91. The van der Waals surface area contributed by atoms with Crippen LogP contribution in [0.4, 0.5) is 0 Å². The number of aromatic nitrogens is 4. The molecule has 3 rings (SSSR count). The van der Waals surface area contributed by atoms with Gasteiger partial charge in [-0.05, 0) is 54.9 Å². The number of rotatable bonds is 6. The molecular weight excluding hydrogens is 332 g/mol. The molecule has 3 heterocycles. The Bertz CT molecular complexity index is 636. The van der Waals surface area contributed by atoms with Gasteiger partial charge in [-0.2, -0.15) is 0 Å². The molecule has 0 radical (unpaired) electrons. The molecule has 0 saturated carbocycles. The third-order valence-corrected chi connectivity index (χ3v) is 4.50. The largest absolute Gasteiger partial charge is 1.00 e. The lowest BCUT2D eigenvalue weighted by atomic mass is 9.94. The van der Waals surface area contributed by atoms with E-state index in [0.29, 0.717) is 6.54 Å². The first-order chi connectivity index (χ1) is 11.2. The van der Waals surface area contributed by atoms with Crippen molar-refractivity contribution in [2.24, 2.45) is 11.7 Å². The Morgan fingerprint density at radius 1 is 1.46 bits per heavy atom. The van der Waals surface area contributed by atoms with Gasteiger partial charge in [-0.25, -0.2) is 4.68 Å². The molecule has 1 aliphatic rings. The van der Waals surface area contributed by atoms with Crippen LogP contribution in [0.15, 0.2) is 22.8 Å². The Hall–Kier alpha value is -1.93. The van der Waals surface area contributed by atoms with Gasteiger partial charge in [-0.15, -0.1) is 5.10 Å². The number of amides is 1. The third kappa shape index (κ3) is 3.93. The molecule has 132 valence electrons. The standard InChI is InChI=1S/C15H22N6O2.ClH/c1-2-13(20-7-5-11(6-8-20)14(16)22)15-17-18-19-21(15)10-12-4-3-9-23-12;/h3-4,9,11,13H,2,5-8,10H2,1H3,(H2,16,22);1H/p-1. The first-order valence-electron chi connectivity index (χ1n) is 8.00. The van der Waals surface area contributed by atoms with Gasteiger partial charge in [0.25, 0.3) is 0 Å². The SMILES string of the molecule is CCC(c1nnnn1Cc1ccco1)N1CCC(C(N)=O)CC1.[Cl-]. The van der Waals surface area contributed by atoms with Crippen LogP contribution < -0.4 is 18.1 Å². The molecule has 1 aliphatic heterocycles. The van der Waals surface area contributed by atoms with Crippen molar-refractivity contribution in [3.8, 4) is 0 Å². The first kappa shape index (κ1) is 18.4. The second-order valence-corrected chi connectivity index (χ2v) is 5.91. The maximum Gasteiger partial charge on any atom is 0.220 e. The summed E-state index contributed by atoms with van der Waals surface area (Å²) in [6.07, 6.45) is 4.14. The molecule has 0 aliphatic carbocycles. The minimum absolute atomic E-state index is 0. The molecule has 1 saturated heterocycles. The molecule has 2 aromatic heterocycles. The van der Waals surface area contributed by atoms with Gasteiger partial charge in [0, 0.05) is 5.92 Å².